The Kier molecular flexibility index (Phi) is 6.66. The lowest BCUT2D eigenvalue weighted by molar-refractivity contribution is -0.130. The van der Waals surface area contributed by atoms with E-state index in [1.807, 2.05) is 13.0 Å². The first kappa shape index (κ1) is 25.4. The first-order valence-electron chi connectivity index (χ1n) is 12.0. The van der Waals surface area contributed by atoms with Crippen LogP contribution >= 0.6 is 0 Å². The second-order valence-electron chi connectivity index (χ2n) is 9.86. The molecule has 0 fully saturated rings. The van der Waals surface area contributed by atoms with Crippen LogP contribution in [0.25, 0.3) is 5.57 Å². The molecule has 2 aliphatic heterocycles. The summed E-state index contributed by atoms with van der Waals surface area (Å²) in [6.45, 7) is 9.24. The largest absolute Gasteiger partial charge is 0.456 e. The van der Waals surface area contributed by atoms with Crippen molar-refractivity contribution in [3.63, 3.8) is 0 Å². The number of hydrogen-bond acceptors (Lipinski definition) is 5. The third-order valence-electron chi connectivity index (χ3n) is 6.54. The Balaban J connectivity index is 1.86. The minimum Gasteiger partial charge on any atom is -0.456 e. The fraction of sp³-hybridized carbons (Fsp3) is 0.357. The molecule has 0 radical (unpaired) electrons. The van der Waals surface area contributed by atoms with Gasteiger partial charge in [-0.15, -0.1) is 0 Å². The van der Waals surface area contributed by atoms with Gasteiger partial charge in [-0.1, -0.05) is 6.07 Å². The average Bonchev–Trinajstić information content (AvgIpc) is 3.24. The Hall–Kier alpha value is -3.65. The Labute approximate surface area is 210 Å². The molecule has 2 amide bonds. The number of nitrogens with one attached hydrogen (secondary N) is 2. The maximum absolute atomic E-state index is 13.9. The quantitative estimate of drug-likeness (QED) is 0.568. The van der Waals surface area contributed by atoms with Gasteiger partial charge in [0.05, 0.1) is 11.3 Å². The van der Waals surface area contributed by atoms with Crippen molar-refractivity contribution in [1.82, 2.24) is 15.5 Å². The zero-order valence-corrected chi connectivity index (χ0v) is 21.4. The van der Waals surface area contributed by atoms with Crippen molar-refractivity contribution in [3.8, 4) is 11.5 Å². The Morgan fingerprint density at radius 3 is 2.50 bits per heavy atom. The van der Waals surface area contributed by atoms with E-state index < -0.39 is 17.6 Å². The Morgan fingerprint density at radius 1 is 1.22 bits per heavy atom. The van der Waals surface area contributed by atoms with E-state index in [0.717, 1.165) is 5.57 Å². The van der Waals surface area contributed by atoms with Crippen molar-refractivity contribution in [2.24, 2.45) is 5.92 Å². The van der Waals surface area contributed by atoms with E-state index in [9.17, 15) is 19.1 Å². The number of benzene rings is 2. The highest BCUT2D eigenvalue weighted by atomic mass is 19.1. The summed E-state index contributed by atoms with van der Waals surface area (Å²) in [6, 6.07) is 7.57. The van der Waals surface area contributed by atoms with Crippen molar-refractivity contribution in [2.45, 2.75) is 46.3 Å². The van der Waals surface area contributed by atoms with Gasteiger partial charge in [0, 0.05) is 31.3 Å². The van der Waals surface area contributed by atoms with Crippen LogP contribution in [0.3, 0.4) is 0 Å². The first-order valence-corrected chi connectivity index (χ1v) is 12.0. The number of likely N-dealkylation sites (N-methyl/N-ethyl adjacent to an activating group) is 2. The zero-order valence-electron chi connectivity index (χ0n) is 21.4. The zero-order chi connectivity index (χ0) is 26.4. The summed E-state index contributed by atoms with van der Waals surface area (Å²) in [5.74, 6) is -0.178. The molecule has 0 spiro atoms. The lowest BCUT2D eigenvalue weighted by Crippen LogP contribution is -2.48. The standard InChI is InChI=1S/C28H32FN3O4/c1-7-30-26(33)22-13-20-21(14-32(6)27(34)24(20)31-22)19-12-17(28(4,5)35)8-9-23(19)36-25-15(2)10-18(29)11-16(25)3/h8-14,20,24,31,35H,7H2,1-6H3,(H,30,33). The van der Waals surface area contributed by atoms with E-state index in [0.29, 0.717) is 46.0 Å². The summed E-state index contributed by atoms with van der Waals surface area (Å²) in [4.78, 5) is 27.0. The molecule has 36 heavy (non-hydrogen) atoms. The van der Waals surface area contributed by atoms with Crippen molar-refractivity contribution < 1.29 is 23.8 Å². The number of halogens is 1. The van der Waals surface area contributed by atoms with Crippen LogP contribution in [0.15, 0.2) is 48.3 Å². The third-order valence-corrected chi connectivity index (χ3v) is 6.54. The molecule has 0 aromatic heterocycles. The molecule has 0 bridgehead atoms. The molecule has 4 rings (SSSR count). The predicted molar refractivity (Wildman–Crippen MR) is 136 cm³/mol. The van der Waals surface area contributed by atoms with Crippen LogP contribution in [0.4, 0.5) is 4.39 Å². The number of ether oxygens (including phenoxy) is 1. The molecular weight excluding hydrogens is 461 g/mol. The van der Waals surface area contributed by atoms with Gasteiger partial charge in [-0.25, -0.2) is 4.39 Å². The van der Waals surface area contributed by atoms with E-state index in [1.54, 1.807) is 59.2 Å². The molecule has 7 nitrogen and oxygen atoms in total. The second kappa shape index (κ2) is 9.43. The van der Waals surface area contributed by atoms with Crippen LogP contribution < -0.4 is 15.4 Å². The van der Waals surface area contributed by atoms with Gasteiger partial charge in [0.15, 0.2) is 0 Å². The van der Waals surface area contributed by atoms with Crippen molar-refractivity contribution >= 4 is 17.4 Å². The molecule has 0 saturated carbocycles. The van der Waals surface area contributed by atoms with Crippen LogP contribution in [0, 0.1) is 25.6 Å². The summed E-state index contributed by atoms with van der Waals surface area (Å²) in [7, 11) is 1.67. The third kappa shape index (κ3) is 4.73. The second-order valence-corrected chi connectivity index (χ2v) is 9.86. The van der Waals surface area contributed by atoms with Crippen LogP contribution in [0.1, 0.15) is 43.0 Å². The van der Waals surface area contributed by atoms with E-state index in [-0.39, 0.29) is 17.6 Å². The van der Waals surface area contributed by atoms with E-state index in [2.05, 4.69) is 10.6 Å². The molecular formula is C28H32FN3O4. The highest BCUT2D eigenvalue weighted by Gasteiger charge is 2.42. The summed E-state index contributed by atoms with van der Waals surface area (Å²) in [5, 5.41) is 16.6. The fourth-order valence-electron chi connectivity index (χ4n) is 4.68. The van der Waals surface area contributed by atoms with Crippen LogP contribution in [0.5, 0.6) is 11.5 Å². The van der Waals surface area contributed by atoms with Gasteiger partial charge in [0.1, 0.15) is 23.4 Å². The molecule has 0 aliphatic carbocycles. The number of hydrogen-bond donors (Lipinski definition) is 3. The monoisotopic (exact) mass is 493 g/mol. The van der Waals surface area contributed by atoms with Crippen molar-refractivity contribution in [2.75, 3.05) is 13.6 Å². The normalized spacial score (nSPS) is 19.3. The molecule has 8 heteroatoms. The van der Waals surface area contributed by atoms with Crippen LogP contribution in [-0.2, 0) is 15.2 Å². The fourth-order valence-corrected chi connectivity index (χ4v) is 4.68. The molecule has 2 atom stereocenters. The smallest absolute Gasteiger partial charge is 0.267 e. The van der Waals surface area contributed by atoms with E-state index >= 15 is 0 Å². The van der Waals surface area contributed by atoms with Crippen molar-refractivity contribution in [1.29, 1.82) is 0 Å². The number of aliphatic hydroxyl groups is 1. The molecule has 2 unspecified atom stereocenters. The number of amides is 2. The molecule has 190 valence electrons. The number of fused-ring (bicyclic) bond motifs is 1. The van der Waals surface area contributed by atoms with E-state index in [4.69, 9.17) is 4.74 Å². The molecule has 2 aromatic carbocycles. The van der Waals surface area contributed by atoms with Gasteiger partial charge >= 0.3 is 0 Å². The summed E-state index contributed by atoms with van der Waals surface area (Å²) >= 11 is 0. The molecule has 2 heterocycles. The maximum Gasteiger partial charge on any atom is 0.267 e. The lowest BCUT2D eigenvalue weighted by atomic mass is 9.83. The summed E-state index contributed by atoms with van der Waals surface area (Å²) in [6.07, 6.45) is 3.50. The topological polar surface area (TPSA) is 90.9 Å². The van der Waals surface area contributed by atoms with Gasteiger partial charge in [-0.2, -0.15) is 0 Å². The lowest BCUT2D eigenvalue weighted by Gasteiger charge is -2.32. The SMILES string of the molecule is CCNC(=O)C1=CC2C(c3cc(C(C)(C)O)ccc3Oc3c(C)cc(F)cc3C)=CN(C)C(=O)C2N1. The van der Waals surface area contributed by atoms with Gasteiger partial charge in [0.2, 0.25) is 5.91 Å². The predicted octanol–water partition coefficient (Wildman–Crippen LogP) is 3.88. The van der Waals surface area contributed by atoms with Gasteiger partial charge < -0.3 is 25.4 Å². The van der Waals surface area contributed by atoms with E-state index in [1.165, 1.54) is 17.0 Å². The first-order chi connectivity index (χ1) is 16.9. The molecule has 2 aliphatic rings. The van der Waals surface area contributed by atoms with Gasteiger partial charge in [-0.3, -0.25) is 9.59 Å². The number of carbonyl (C=O) groups is 2. The minimum atomic E-state index is -1.12. The molecule has 0 saturated heterocycles. The maximum atomic E-state index is 13.9. The van der Waals surface area contributed by atoms with Gasteiger partial charge in [0.25, 0.3) is 5.91 Å². The van der Waals surface area contributed by atoms with Crippen LogP contribution in [0.2, 0.25) is 0 Å². The summed E-state index contributed by atoms with van der Waals surface area (Å²) < 4.78 is 20.3. The summed E-state index contributed by atoms with van der Waals surface area (Å²) in [5.41, 5.74) is 2.60. The highest BCUT2D eigenvalue weighted by molar-refractivity contribution is 5.99. The van der Waals surface area contributed by atoms with Gasteiger partial charge in [-0.05, 0) is 87.2 Å². The van der Waals surface area contributed by atoms with Crippen LogP contribution in [-0.4, -0.2) is 41.5 Å². The Bertz CT molecular complexity index is 1270. The number of carbonyl (C=O) groups excluding carboxylic acids is 2. The number of nitrogens with zero attached hydrogens (tertiary/aromatic N) is 1. The van der Waals surface area contributed by atoms with Crippen molar-refractivity contribution in [3.05, 3.63) is 76.4 Å². The number of aryl methyl sites for hydroxylation is 2. The highest BCUT2D eigenvalue weighted by Crippen LogP contribution is 2.43. The number of rotatable bonds is 6. The minimum absolute atomic E-state index is 0.161. The Morgan fingerprint density at radius 2 is 1.89 bits per heavy atom. The molecule has 2 aromatic rings. The average molecular weight is 494 g/mol. The molecule has 3 N–H and O–H groups in total.